The van der Waals surface area contributed by atoms with Crippen LogP contribution in [0.3, 0.4) is 0 Å². The molecule has 0 aromatic carbocycles. The first-order valence-corrected chi connectivity index (χ1v) is 24.0. The van der Waals surface area contributed by atoms with Crippen LogP contribution < -0.4 is 10.6 Å². The van der Waals surface area contributed by atoms with Crippen LogP contribution in [0.25, 0.3) is 0 Å². The van der Waals surface area contributed by atoms with Gasteiger partial charge in [-0.05, 0) is 141 Å². The summed E-state index contributed by atoms with van der Waals surface area (Å²) in [6.45, 7) is 40.5. The van der Waals surface area contributed by atoms with Crippen LogP contribution in [0.1, 0.15) is 189 Å². The molecular formula is C65H82N2O5. The van der Waals surface area contributed by atoms with Crippen molar-refractivity contribution in [3.05, 3.63) is 0 Å². The van der Waals surface area contributed by atoms with Gasteiger partial charge in [0.25, 0.3) is 0 Å². The second-order valence-electron chi connectivity index (χ2n) is 23.6. The topological polar surface area (TPSA) is 109 Å². The first kappa shape index (κ1) is 71.2. The van der Waals surface area contributed by atoms with Crippen molar-refractivity contribution in [2.24, 2.45) is 32.5 Å². The number of hydrogen-bond acceptors (Lipinski definition) is 5. The minimum absolute atomic E-state index is 0.0129. The molecule has 0 saturated carbocycles. The molecule has 0 atom stereocenters. The molecule has 0 aliphatic rings. The number of carbonyl (C=O) groups is 5. The van der Waals surface area contributed by atoms with Gasteiger partial charge in [-0.1, -0.05) is 131 Å². The van der Waals surface area contributed by atoms with Crippen LogP contribution in [0.4, 0.5) is 0 Å². The Morgan fingerprint density at radius 3 is 0.764 bits per heavy atom. The molecule has 0 bridgehead atoms. The van der Waals surface area contributed by atoms with E-state index in [1.54, 1.807) is 6.92 Å². The summed E-state index contributed by atoms with van der Waals surface area (Å²) in [7, 11) is 0. The van der Waals surface area contributed by atoms with E-state index in [9.17, 15) is 24.0 Å². The zero-order valence-corrected chi connectivity index (χ0v) is 47.4. The standard InChI is InChI=1S/C25H4.2C14H27NO2.C12H24O/c1-3-5-7-9-11-13-15-17-19-21-23-25-24-22-20-18-16-14-12-10-8-6-4-2;2*1-13(2,3)9-11(16)7-8-12(17)15-10-14(4,5)6;1-11(2,3)8-7-10(13)9-12(4,5)6/h1H,2H3;2*7-10H2,1-6H3,(H,15,17);7-9H2,1-6H3. The average Bonchev–Trinajstić information content (AvgIpc) is 3.21. The molecule has 0 heterocycles. The van der Waals surface area contributed by atoms with E-state index in [0.29, 0.717) is 63.8 Å². The van der Waals surface area contributed by atoms with Gasteiger partial charge in [-0.15, -0.1) is 6.42 Å². The van der Waals surface area contributed by atoms with E-state index in [2.05, 4.69) is 230 Å². The van der Waals surface area contributed by atoms with Crippen LogP contribution in [-0.2, 0) is 24.0 Å². The number of nitrogens with one attached hydrogen (secondary N) is 2. The Balaban J connectivity index is -0.000000441. The van der Waals surface area contributed by atoms with Gasteiger partial charge in [0.15, 0.2) is 0 Å². The summed E-state index contributed by atoms with van der Waals surface area (Å²) in [5.74, 6) is 57.6. The summed E-state index contributed by atoms with van der Waals surface area (Å²) in [5.41, 5.74) is 0.636. The molecule has 0 radical (unpaired) electrons. The number of carbonyl (C=O) groups excluding carboxylic acids is 5. The number of terminal acetylenes is 1. The summed E-state index contributed by atoms with van der Waals surface area (Å²) in [4.78, 5) is 57.7. The number of amides is 2. The molecule has 0 aromatic rings. The zero-order valence-electron chi connectivity index (χ0n) is 47.4. The van der Waals surface area contributed by atoms with Crippen LogP contribution in [-0.4, -0.2) is 42.3 Å². The summed E-state index contributed by atoms with van der Waals surface area (Å²) < 4.78 is 0. The minimum Gasteiger partial charge on any atom is -0.356 e. The van der Waals surface area contributed by atoms with Gasteiger partial charge in [0.1, 0.15) is 17.3 Å². The fourth-order valence-corrected chi connectivity index (χ4v) is 4.66. The Labute approximate surface area is 439 Å². The molecule has 0 unspecified atom stereocenters. The molecule has 0 aromatic heterocycles. The average molecular weight is 971 g/mol. The van der Waals surface area contributed by atoms with Crippen molar-refractivity contribution in [3.8, 4) is 143 Å². The maximum Gasteiger partial charge on any atom is 0.220 e. The van der Waals surface area contributed by atoms with Crippen LogP contribution in [0, 0.1) is 175 Å². The van der Waals surface area contributed by atoms with Gasteiger partial charge in [0, 0.05) is 100.0 Å². The van der Waals surface area contributed by atoms with E-state index in [1.165, 1.54) is 0 Å². The Hall–Kier alpha value is -7.33. The van der Waals surface area contributed by atoms with E-state index in [-0.39, 0.29) is 55.9 Å². The fraction of sp³-hybridized carbons (Fsp3) is 0.554. The predicted molar refractivity (Wildman–Crippen MR) is 299 cm³/mol. The van der Waals surface area contributed by atoms with E-state index < -0.39 is 0 Å². The number of Topliss-reactive ketones (excluding diaryl/α,β-unsaturated/α-hetero) is 3. The molecule has 0 saturated heterocycles. The highest BCUT2D eigenvalue weighted by Crippen LogP contribution is 2.25. The first-order valence-electron chi connectivity index (χ1n) is 24.0. The maximum absolute atomic E-state index is 11.6. The van der Waals surface area contributed by atoms with Crippen LogP contribution in [0.5, 0.6) is 0 Å². The Morgan fingerprint density at radius 2 is 0.556 bits per heavy atom. The Kier molecular flexibility index (Phi) is 39.0. The third kappa shape index (κ3) is 71.7. The van der Waals surface area contributed by atoms with Crippen molar-refractivity contribution < 1.29 is 24.0 Å². The van der Waals surface area contributed by atoms with E-state index in [1.807, 2.05) is 41.5 Å². The molecule has 2 amide bonds. The first-order chi connectivity index (χ1) is 33.0. The number of hydrogen-bond donors (Lipinski definition) is 2. The molecule has 72 heavy (non-hydrogen) atoms. The lowest BCUT2D eigenvalue weighted by molar-refractivity contribution is -0.126. The number of rotatable bonds is 13. The summed E-state index contributed by atoms with van der Waals surface area (Å²) in [6, 6.07) is 0. The zero-order chi connectivity index (χ0) is 56.3. The highest BCUT2D eigenvalue weighted by Gasteiger charge is 2.20. The van der Waals surface area contributed by atoms with Crippen molar-refractivity contribution in [1.82, 2.24) is 10.6 Å². The highest BCUT2D eigenvalue weighted by atomic mass is 16.2. The van der Waals surface area contributed by atoms with Crippen LogP contribution in [0.15, 0.2) is 0 Å². The molecular weight excluding hydrogens is 889 g/mol. The molecule has 382 valence electrons. The Bertz CT molecular complexity index is 2510. The van der Waals surface area contributed by atoms with Gasteiger partial charge >= 0.3 is 0 Å². The van der Waals surface area contributed by atoms with Gasteiger partial charge in [0.05, 0.1) is 0 Å². The second-order valence-corrected chi connectivity index (χ2v) is 23.6. The lowest BCUT2D eigenvalue weighted by atomic mass is 9.85. The minimum atomic E-state index is -0.0258. The second kappa shape index (κ2) is 39.4. The van der Waals surface area contributed by atoms with Gasteiger partial charge in [-0.2, -0.15) is 0 Å². The quantitative estimate of drug-likeness (QED) is 0.179. The van der Waals surface area contributed by atoms with Gasteiger partial charge in [-0.3, -0.25) is 24.0 Å². The summed E-state index contributed by atoms with van der Waals surface area (Å²) in [5, 5.41) is 5.70. The predicted octanol–water partition coefficient (Wildman–Crippen LogP) is 10.4. The molecule has 0 rings (SSSR count). The van der Waals surface area contributed by atoms with Crippen molar-refractivity contribution in [1.29, 1.82) is 0 Å². The molecule has 0 aliphatic carbocycles. The third-order valence-corrected chi connectivity index (χ3v) is 7.68. The third-order valence-electron chi connectivity index (χ3n) is 7.68. The van der Waals surface area contributed by atoms with Crippen molar-refractivity contribution in [3.63, 3.8) is 0 Å². The molecule has 0 fully saturated rings. The normalized spacial score (nSPS) is 9.53. The number of ketones is 3. The van der Waals surface area contributed by atoms with E-state index in [4.69, 9.17) is 6.42 Å². The molecule has 0 spiro atoms. The summed E-state index contributed by atoms with van der Waals surface area (Å²) in [6.07, 6.45) is 9.77. The Morgan fingerprint density at radius 1 is 0.319 bits per heavy atom. The van der Waals surface area contributed by atoms with E-state index >= 15 is 0 Å². The van der Waals surface area contributed by atoms with Crippen molar-refractivity contribution >= 4 is 29.2 Å². The molecule has 2 N–H and O–H groups in total. The lowest BCUT2D eigenvalue weighted by Crippen LogP contribution is -2.32. The monoisotopic (exact) mass is 971 g/mol. The highest BCUT2D eigenvalue weighted by molar-refractivity contribution is 5.86. The van der Waals surface area contributed by atoms with Gasteiger partial charge < -0.3 is 10.6 Å². The molecule has 7 heteroatoms. The lowest BCUT2D eigenvalue weighted by Gasteiger charge is -2.20. The van der Waals surface area contributed by atoms with Gasteiger partial charge in [0.2, 0.25) is 11.8 Å². The molecule has 0 aliphatic heterocycles. The van der Waals surface area contributed by atoms with Crippen molar-refractivity contribution in [2.75, 3.05) is 13.1 Å². The van der Waals surface area contributed by atoms with E-state index in [0.717, 1.165) is 12.8 Å². The SMILES string of the molecule is C#CC#CC#CC#CC#CC#CC#CC#CC#CC#CC#CC#CC.CC(C)(C)CCC(=O)CC(C)(C)C.CC(C)(C)CNC(=O)CCC(=O)CC(C)(C)C.CC(C)(C)CNC(=O)CCC(=O)CC(C)(C)C. The smallest absolute Gasteiger partial charge is 0.220 e. The largest absolute Gasteiger partial charge is 0.356 e. The van der Waals surface area contributed by atoms with Crippen molar-refractivity contribution in [2.45, 2.75) is 189 Å². The maximum atomic E-state index is 11.6. The summed E-state index contributed by atoms with van der Waals surface area (Å²) >= 11 is 0. The van der Waals surface area contributed by atoms with Crippen LogP contribution in [0.2, 0.25) is 0 Å². The fourth-order valence-electron chi connectivity index (χ4n) is 4.66. The van der Waals surface area contributed by atoms with Crippen LogP contribution >= 0.6 is 0 Å². The van der Waals surface area contributed by atoms with Gasteiger partial charge in [-0.25, -0.2) is 0 Å². The molecule has 7 nitrogen and oxygen atoms in total.